The van der Waals surface area contributed by atoms with E-state index >= 15 is 0 Å². The summed E-state index contributed by atoms with van der Waals surface area (Å²) in [6, 6.07) is 6.04. The zero-order chi connectivity index (χ0) is 13.4. The summed E-state index contributed by atoms with van der Waals surface area (Å²) in [5, 5.41) is 3.27. The number of ether oxygens (including phenoxy) is 2. The fraction of sp³-hybridized carbons (Fsp3) is 0.500. The highest BCUT2D eigenvalue weighted by Gasteiger charge is 2.08. The van der Waals surface area contributed by atoms with Gasteiger partial charge in [0.25, 0.3) is 0 Å². The minimum absolute atomic E-state index is 0.253. The highest BCUT2D eigenvalue weighted by atomic mass is 16.5. The third-order valence-corrected chi connectivity index (χ3v) is 2.64. The molecule has 0 saturated heterocycles. The van der Waals surface area contributed by atoms with Crippen molar-refractivity contribution in [2.75, 3.05) is 20.3 Å². The molecule has 100 valence electrons. The highest BCUT2D eigenvalue weighted by molar-refractivity contribution is 5.69. The van der Waals surface area contributed by atoms with Crippen LogP contribution in [0.4, 0.5) is 0 Å². The van der Waals surface area contributed by atoms with Crippen molar-refractivity contribution in [2.24, 2.45) is 0 Å². The summed E-state index contributed by atoms with van der Waals surface area (Å²) in [5.41, 5.74) is 2.19. The zero-order valence-corrected chi connectivity index (χ0v) is 11.3. The predicted molar refractivity (Wildman–Crippen MR) is 70.7 cm³/mol. The summed E-state index contributed by atoms with van der Waals surface area (Å²) in [7, 11) is 1.38. The molecule has 0 aromatic heterocycles. The van der Waals surface area contributed by atoms with E-state index < -0.39 is 0 Å². The van der Waals surface area contributed by atoms with Gasteiger partial charge in [0.05, 0.1) is 20.1 Å². The number of hydrogen-bond donors (Lipinski definition) is 1. The first-order valence-corrected chi connectivity index (χ1v) is 6.17. The molecule has 0 saturated carbocycles. The van der Waals surface area contributed by atoms with Crippen LogP contribution in [0.2, 0.25) is 0 Å². The molecule has 1 aromatic carbocycles. The van der Waals surface area contributed by atoms with E-state index in [9.17, 15) is 4.79 Å². The van der Waals surface area contributed by atoms with E-state index in [0.29, 0.717) is 6.61 Å². The number of nitrogens with one attached hydrogen (secondary N) is 1. The molecular formula is C14H21NO3. The maximum atomic E-state index is 11.0. The lowest BCUT2D eigenvalue weighted by Gasteiger charge is -2.14. The van der Waals surface area contributed by atoms with Crippen molar-refractivity contribution in [1.82, 2.24) is 5.32 Å². The second-order valence-electron chi connectivity index (χ2n) is 4.02. The number of rotatable bonds is 7. The number of benzene rings is 1. The molecular weight excluding hydrogens is 230 g/mol. The van der Waals surface area contributed by atoms with E-state index in [1.54, 1.807) is 0 Å². The molecule has 0 amide bonds. The molecule has 1 aromatic rings. The molecule has 0 radical (unpaired) electrons. The Kier molecular flexibility index (Phi) is 6.22. The molecule has 4 nitrogen and oxygen atoms in total. The number of methoxy groups -OCH3 is 1. The standard InChI is InChI=1S/C14H21NO3/c1-4-15-10-12-7-5-6-11(2)14(12)18-9-8-13(16)17-3/h5-7,15H,4,8-10H2,1-3H3. The molecule has 0 aliphatic rings. The van der Waals surface area contributed by atoms with Crippen LogP contribution >= 0.6 is 0 Å². The summed E-state index contributed by atoms with van der Waals surface area (Å²) < 4.78 is 10.3. The molecule has 0 atom stereocenters. The monoisotopic (exact) mass is 251 g/mol. The van der Waals surface area contributed by atoms with E-state index in [-0.39, 0.29) is 12.4 Å². The second-order valence-corrected chi connectivity index (χ2v) is 4.02. The largest absolute Gasteiger partial charge is 0.492 e. The number of hydrogen-bond acceptors (Lipinski definition) is 4. The highest BCUT2D eigenvalue weighted by Crippen LogP contribution is 2.23. The van der Waals surface area contributed by atoms with Crippen LogP contribution in [0, 0.1) is 6.92 Å². The fourth-order valence-electron chi connectivity index (χ4n) is 1.66. The van der Waals surface area contributed by atoms with Gasteiger partial charge in [0, 0.05) is 12.1 Å². The van der Waals surface area contributed by atoms with Gasteiger partial charge in [-0.15, -0.1) is 0 Å². The minimum atomic E-state index is -0.253. The van der Waals surface area contributed by atoms with Crippen LogP contribution in [0.3, 0.4) is 0 Å². The number of carbonyl (C=O) groups is 1. The topological polar surface area (TPSA) is 47.6 Å². The Morgan fingerprint density at radius 2 is 2.17 bits per heavy atom. The van der Waals surface area contributed by atoms with E-state index in [2.05, 4.69) is 17.0 Å². The summed E-state index contributed by atoms with van der Waals surface area (Å²) >= 11 is 0. The number of esters is 1. The molecule has 0 aliphatic heterocycles. The van der Waals surface area contributed by atoms with Crippen molar-refractivity contribution in [1.29, 1.82) is 0 Å². The van der Waals surface area contributed by atoms with Gasteiger partial charge in [-0.1, -0.05) is 25.1 Å². The average molecular weight is 251 g/mol. The van der Waals surface area contributed by atoms with Gasteiger partial charge < -0.3 is 14.8 Å². The summed E-state index contributed by atoms with van der Waals surface area (Å²) in [5.74, 6) is 0.610. The van der Waals surface area contributed by atoms with Crippen molar-refractivity contribution < 1.29 is 14.3 Å². The Morgan fingerprint density at radius 3 is 2.83 bits per heavy atom. The third kappa shape index (κ3) is 4.37. The number of carbonyl (C=O) groups excluding carboxylic acids is 1. The Bertz CT molecular complexity index is 391. The van der Waals surface area contributed by atoms with Crippen molar-refractivity contribution in [3.05, 3.63) is 29.3 Å². The van der Waals surface area contributed by atoms with Gasteiger partial charge in [-0.05, 0) is 19.0 Å². The van der Waals surface area contributed by atoms with Gasteiger partial charge in [0.1, 0.15) is 5.75 Å². The first-order chi connectivity index (χ1) is 8.69. The average Bonchev–Trinajstić information content (AvgIpc) is 2.38. The van der Waals surface area contributed by atoms with Gasteiger partial charge in [0.15, 0.2) is 0 Å². The Morgan fingerprint density at radius 1 is 1.39 bits per heavy atom. The van der Waals surface area contributed by atoms with Crippen LogP contribution < -0.4 is 10.1 Å². The van der Waals surface area contributed by atoms with Crippen molar-refractivity contribution >= 4 is 5.97 Å². The quantitative estimate of drug-likeness (QED) is 0.753. The first-order valence-electron chi connectivity index (χ1n) is 6.17. The van der Waals surface area contributed by atoms with E-state index in [0.717, 1.165) is 30.0 Å². The van der Waals surface area contributed by atoms with Gasteiger partial charge in [-0.3, -0.25) is 4.79 Å². The molecule has 0 fully saturated rings. The van der Waals surface area contributed by atoms with Gasteiger partial charge in [-0.2, -0.15) is 0 Å². The number of para-hydroxylation sites is 1. The van der Waals surface area contributed by atoms with Crippen LogP contribution in [-0.4, -0.2) is 26.2 Å². The molecule has 0 bridgehead atoms. The van der Waals surface area contributed by atoms with Crippen molar-refractivity contribution in [3.63, 3.8) is 0 Å². The maximum absolute atomic E-state index is 11.0. The fourth-order valence-corrected chi connectivity index (χ4v) is 1.66. The molecule has 1 N–H and O–H groups in total. The Hall–Kier alpha value is -1.55. The zero-order valence-electron chi connectivity index (χ0n) is 11.3. The third-order valence-electron chi connectivity index (χ3n) is 2.64. The summed E-state index contributed by atoms with van der Waals surface area (Å²) in [6.07, 6.45) is 0.269. The smallest absolute Gasteiger partial charge is 0.308 e. The number of aryl methyl sites for hydroxylation is 1. The lowest BCUT2D eigenvalue weighted by Crippen LogP contribution is -2.14. The van der Waals surface area contributed by atoms with Crippen LogP contribution in [0.5, 0.6) is 5.75 Å². The molecule has 1 rings (SSSR count). The van der Waals surface area contributed by atoms with Crippen molar-refractivity contribution in [3.8, 4) is 5.75 Å². The lowest BCUT2D eigenvalue weighted by atomic mass is 10.1. The van der Waals surface area contributed by atoms with E-state index in [4.69, 9.17) is 4.74 Å². The van der Waals surface area contributed by atoms with Gasteiger partial charge >= 0.3 is 5.97 Å². The summed E-state index contributed by atoms with van der Waals surface area (Å²) in [4.78, 5) is 11.0. The molecule has 0 heterocycles. The normalized spacial score (nSPS) is 10.2. The van der Waals surface area contributed by atoms with Crippen LogP contribution in [0.15, 0.2) is 18.2 Å². The van der Waals surface area contributed by atoms with Crippen molar-refractivity contribution in [2.45, 2.75) is 26.8 Å². The maximum Gasteiger partial charge on any atom is 0.308 e. The van der Waals surface area contributed by atoms with Crippen LogP contribution in [0.1, 0.15) is 24.5 Å². The lowest BCUT2D eigenvalue weighted by molar-refractivity contribution is -0.141. The Labute approximate surface area is 108 Å². The van der Waals surface area contributed by atoms with Crippen LogP contribution in [-0.2, 0) is 16.1 Å². The first kappa shape index (κ1) is 14.5. The molecule has 0 spiro atoms. The molecule has 0 aliphatic carbocycles. The Balaban J connectivity index is 2.64. The SMILES string of the molecule is CCNCc1cccc(C)c1OCCC(=O)OC. The van der Waals surface area contributed by atoms with Crippen LogP contribution in [0.25, 0.3) is 0 Å². The minimum Gasteiger partial charge on any atom is -0.492 e. The summed E-state index contributed by atoms with van der Waals surface area (Å²) in [6.45, 7) is 6.09. The molecule has 0 unspecified atom stereocenters. The van der Waals surface area contributed by atoms with E-state index in [1.165, 1.54) is 7.11 Å². The van der Waals surface area contributed by atoms with Gasteiger partial charge in [-0.25, -0.2) is 0 Å². The predicted octanol–water partition coefficient (Wildman–Crippen LogP) is 2.05. The van der Waals surface area contributed by atoms with E-state index in [1.807, 2.05) is 25.1 Å². The second kappa shape index (κ2) is 7.71. The van der Waals surface area contributed by atoms with Gasteiger partial charge in [0.2, 0.25) is 0 Å². The molecule has 18 heavy (non-hydrogen) atoms. The molecule has 4 heteroatoms.